The highest BCUT2D eigenvalue weighted by molar-refractivity contribution is 14.1. The van der Waals surface area contributed by atoms with Gasteiger partial charge in [-0.15, -0.1) is 0 Å². The molecule has 0 bridgehead atoms. The third kappa shape index (κ3) is 2.45. The van der Waals surface area contributed by atoms with Crippen molar-refractivity contribution >= 4 is 28.4 Å². The summed E-state index contributed by atoms with van der Waals surface area (Å²) in [6.07, 6.45) is 2.44. The molecule has 2 aromatic rings. The van der Waals surface area contributed by atoms with E-state index in [2.05, 4.69) is 59.6 Å². The van der Waals surface area contributed by atoms with E-state index in [4.69, 9.17) is 10.7 Å². The first-order chi connectivity index (χ1) is 9.06. The normalized spacial score (nSPS) is 14.7. The molecule has 0 atom stereocenters. The Hall–Kier alpha value is -1.17. The van der Waals surface area contributed by atoms with E-state index < -0.39 is 0 Å². The molecule has 4 heteroatoms. The Morgan fingerprint density at radius 2 is 1.95 bits per heavy atom. The van der Waals surface area contributed by atoms with Crippen LogP contribution in [0.2, 0.25) is 0 Å². The Labute approximate surface area is 126 Å². The molecule has 1 saturated carbocycles. The average Bonchev–Trinajstić information content (AvgIpc) is 3.20. The number of anilines is 1. The zero-order valence-electron chi connectivity index (χ0n) is 11.1. The van der Waals surface area contributed by atoms with Crippen molar-refractivity contribution in [2.24, 2.45) is 0 Å². The Kier molecular flexibility index (Phi) is 3.20. The Bertz CT molecular complexity index is 648. The van der Waals surface area contributed by atoms with Crippen LogP contribution in [0.15, 0.2) is 18.2 Å². The van der Waals surface area contributed by atoms with Crippen LogP contribution in [0.5, 0.6) is 0 Å². The molecule has 1 aromatic carbocycles. The van der Waals surface area contributed by atoms with Crippen LogP contribution in [0.1, 0.15) is 35.6 Å². The average molecular weight is 365 g/mol. The Morgan fingerprint density at radius 3 is 2.63 bits per heavy atom. The molecule has 1 aliphatic rings. The number of nitrogens with zero attached hydrogens (tertiary/aromatic N) is 2. The number of hydrogen-bond acceptors (Lipinski definition) is 3. The van der Waals surface area contributed by atoms with Crippen LogP contribution in [-0.2, 0) is 0 Å². The molecule has 19 heavy (non-hydrogen) atoms. The summed E-state index contributed by atoms with van der Waals surface area (Å²) in [4.78, 5) is 9.24. The van der Waals surface area contributed by atoms with Gasteiger partial charge in [-0.25, -0.2) is 9.97 Å². The molecule has 1 aliphatic carbocycles. The van der Waals surface area contributed by atoms with Crippen LogP contribution >= 0.6 is 22.6 Å². The van der Waals surface area contributed by atoms with Gasteiger partial charge in [0.15, 0.2) is 5.82 Å². The van der Waals surface area contributed by atoms with E-state index in [1.54, 1.807) is 0 Å². The summed E-state index contributed by atoms with van der Waals surface area (Å²) in [5.41, 5.74) is 10.7. The molecule has 98 valence electrons. The van der Waals surface area contributed by atoms with Crippen molar-refractivity contribution in [3.63, 3.8) is 0 Å². The van der Waals surface area contributed by atoms with Gasteiger partial charge in [0.05, 0.1) is 9.26 Å². The van der Waals surface area contributed by atoms with Gasteiger partial charge in [0.1, 0.15) is 5.82 Å². The lowest BCUT2D eigenvalue weighted by atomic mass is 10.0. The predicted octanol–water partition coefficient (Wildman–Crippen LogP) is 3.82. The second-order valence-corrected chi connectivity index (χ2v) is 6.30. The van der Waals surface area contributed by atoms with Gasteiger partial charge in [0.2, 0.25) is 0 Å². The number of nitrogens with two attached hydrogens (primary N) is 1. The minimum Gasteiger partial charge on any atom is -0.383 e. The minimum absolute atomic E-state index is 0.584. The summed E-state index contributed by atoms with van der Waals surface area (Å²) in [6.45, 7) is 4.17. The first-order valence-electron chi connectivity index (χ1n) is 6.47. The monoisotopic (exact) mass is 365 g/mol. The third-order valence-corrected chi connectivity index (χ3v) is 4.61. The van der Waals surface area contributed by atoms with E-state index in [-0.39, 0.29) is 0 Å². The van der Waals surface area contributed by atoms with Crippen molar-refractivity contribution in [3.05, 3.63) is 38.6 Å². The van der Waals surface area contributed by atoms with Crippen LogP contribution in [0, 0.1) is 17.4 Å². The standard InChI is InChI=1S/C15H16IN3/c1-8-3-4-9(2)11(7-8)15-18-13(10-5-6-10)12(16)14(17)19-15/h3-4,7,10H,5-6H2,1-2H3,(H2,17,18,19). The summed E-state index contributed by atoms with van der Waals surface area (Å²) in [5.74, 6) is 1.95. The van der Waals surface area contributed by atoms with Gasteiger partial charge >= 0.3 is 0 Å². The molecule has 0 spiro atoms. The highest BCUT2D eigenvalue weighted by Gasteiger charge is 2.29. The molecule has 3 nitrogen and oxygen atoms in total. The van der Waals surface area contributed by atoms with Crippen molar-refractivity contribution in [1.29, 1.82) is 0 Å². The minimum atomic E-state index is 0.584. The van der Waals surface area contributed by atoms with Gasteiger partial charge in [-0.1, -0.05) is 17.7 Å². The zero-order chi connectivity index (χ0) is 13.6. The van der Waals surface area contributed by atoms with Crippen LogP contribution in [-0.4, -0.2) is 9.97 Å². The molecule has 1 fully saturated rings. The fraction of sp³-hybridized carbons (Fsp3) is 0.333. The first-order valence-corrected chi connectivity index (χ1v) is 7.54. The second kappa shape index (κ2) is 4.74. The van der Waals surface area contributed by atoms with Crippen molar-refractivity contribution < 1.29 is 0 Å². The molecule has 0 aliphatic heterocycles. The van der Waals surface area contributed by atoms with E-state index in [0.717, 1.165) is 20.7 Å². The summed E-state index contributed by atoms with van der Waals surface area (Å²) in [6, 6.07) is 6.35. The van der Waals surface area contributed by atoms with Gasteiger partial charge in [-0.05, 0) is 60.9 Å². The number of aryl methyl sites for hydroxylation is 2. The quantitative estimate of drug-likeness (QED) is 0.824. The first kappa shape index (κ1) is 12.8. The van der Waals surface area contributed by atoms with Gasteiger partial charge in [0.25, 0.3) is 0 Å². The smallest absolute Gasteiger partial charge is 0.162 e. The molecule has 1 heterocycles. The van der Waals surface area contributed by atoms with Gasteiger partial charge in [-0.2, -0.15) is 0 Å². The predicted molar refractivity (Wildman–Crippen MR) is 86.0 cm³/mol. The fourth-order valence-electron chi connectivity index (χ4n) is 2.21. The number of benzene rings is 1. The highest BCUT2D eigenvalue weighted by atomic mass is 127. The molecular formula is C15H16IN3. The maximum atomic E-state index is 6.05. The number of aromatic nitrogens is 2. The highest BCUT2D eigenvalue weighted by Crippen LogP contribution is 2.42. The fourth-order valence-corrected chi connectivity index (χ4v) is 2.89. The molecule has 0 radical (unpaired) electrons. The maximum absolute atomic E-state index is 6.05. The summed E-state index contributed by atoms with van der Waals surface area (Å²) in [5, 5.41) is 0. The summed E-state index contributed by atoms with van der Waals surface area (Å²) in [7, 11) is 0. The molecular weight excluding hydrogens is 349 g/mol. The largest absolute Gasteiger partial charge is 0.383 e. The second-order valence-electron chi connectivity index (χ2n) is 5.22. The Balaban J connectivity index is 2.17. The molecule has 3 rings (SSSR count). The number of hydrogen-bond donors (Lipinski definition) is 1. The lowest BCUT2D eigenvalue weighted by Crippen LogP contribution is -2.05. The molecule has 0 amide bonds. The van der Waals surface area contributed by atoms with Gasteiger partial charge in [0, 0.05) is 11.5 Å². The number of rotatable bonds is 2. The summed E-state index contributed by atoms with van der Waals surface area (Å²) < 4.78 is 1.02. The topological polar surface area (TPSA) is 51.8 Å². The molecule has 0 saturated heterocycles. The van der Waals surface area contributed by atoms with Crippen LogP contribution in [0.3, 0.4) is 0 Å². The van der Waals surface area contributed by atoms with E-state index in [9.17, 15) is 0 Å². The molecule has 2 N–H and O–H groups in total. The van der Waals surface area contributed by atoms with Crippen molar-refractivity contribution in [3.8, 4) is 11.4 Å². The SMILES string of the molecule is Cc1ccc(C)c(-c2nc(N)c(I)c(C3CC3)n2)c1. The summed E-state index contributed by atoms with van der Waals surface area (Å²) >= 11 is 2.26. The number of nitrogen functional groups attached to an aromatic ring is 1. The number of halogens is 1. The van der Waals surface area contributed by atoms with Crippen molar-refractivity contribution in [1.82, 2.24) is 9.97 Å². The van der Waals surface area contributed by atoms with Crippen LogP contribution < -0.4 is 5.73 Å². The van der Waals surface area contributed by atoms with E-state index in [1.165, 1.54) is 24.0 Å². The molecule has 0 unspecified atom stereocenters. The van der Waals surface area contributed by atoms with Crippen LogP contribution in [0.25, 0.3) is 11.4 Å². The van der Waals surface area contributed by atoms with Crippen molar-refractivity contribution in [2.45, 2.75) is 32.6 Å². The van der Waals surface area contributed by atoms with Gasteiger partial charge < -0.3 is 5.73 Å². The van der Waals surface area contributed by atoms with Gasteiger partial charge in [-0.3, -0.25) is 0 Å². The maximum Gasteiger partial charge on any atom is 0.162 e. The van der Waals surface area contributed by atoms with E-state index in [1.807, 2.05) is 0 Å². The third-order valence-electron chi connectivity index (χ3n) is 3.50. The molecule has 1 aromatic heterocycles. The lowest BCUT2D eigenvalue weighted by Gasteiger charge is -2.10. The zero-order valence-corrected chi connectivity index (χ0v) is 13.2. The lowest BCUT2D eigenvalue weighted by molar-refractivity contribution is 0.981. The van der Waals surface area contributed by atoms with E-state index in [0.29, 0.717) is 11.7 Å². The van der Waals surface area contributed by atoms with Crippen molar-refractivity contribution in [2.75, 3.05) is 5.73 Å². The Morgan fingerprint density at radius 1 is 1.21 bits per heavy atom. The van der Waals surface area contributed by atoms with E-state index >= 15 is 0 Å². The van der Waals surface area contributed by atoms with Crippen LogP contribution in [0.4, 0.5) is 5.82 Å².